The predicted octanol–water partition coefficient (Wildman–Crippen LogP) is 3.33. The van der Waals surface area contributed by atoms with Crippen molar-refractivity contribution in [1.29, 1.82) is 0 Å². The van der Waals surface area contributed by atoms with Crippen molar-refractivity contribution in [1.82, 2.24) is 4.90 Å². The largest absolute Gasteiger partial charge is 0.369 e. The van der Waals surface area contributed by atoms with E-state index in [0.717, 1.165) is 29.5 Å². The molecule has 0 bridgehead atoms. The summed E-state index contributed by atoms with van der Waals surface area (Å²) < 4.78 is 0. The van der Waals surface area contributed by atoms with E-state index in [2.05, 4.69) is 23.2 Å². The number of nitrogens with two attached hydrogens (primary N) is 1. The van der Waals surface area contributed by atoms with E-state index in [1.165, 1.54) is 10.5 Å². The van der Waals surface area contributed by atoms with Crippen molar-refractivity contribution in [2.75, 3.05) is 7.05 Å². The molecule has 0 radical (unpaired) electrons. The molecule has 1 aliphatic carbocycles. The lowest BCUT2D eigenvalue weighted by molar-refractivity contribution is -0.131. The number of aryl methyl sites for hydroxylation is 1. The normalized spacial score (nSPS) is 22.7. The van der Waals surface area contributed by atoms with Gasteiger partial charge in [0.05, 0.1) is 0 Å². The van der Waals surface area contributed by atoms with Crippen LogP contribution in [0.1, 0.15) is 24.0 Å². The molecule has 2 aliphatic rings. The van der Waals surface area contributed by atoms with Crippen LogP contribution in [0.4, 0.5) is 0 Å². The van der Waals surface area contributed by atoms with Crippen LogP contribution >= 0.6 is 11.6 Å². The molecule has 1 spiro atoms. The Morgan fingerprint density at radius 1 is 1.21 bits per heavy atom. The SMILES string of the molecule is CN1C(=O)C2(CCCc3ccc(-c4cccc(Cl)c4)cc32)N=C1N. The third-order valence-electron chi connectivity index (χ3n) is 5.01. The maximum Gasteiger partial charge on any atom is 0.261 e. The molecule has 0 saturated heterocycles. The van der Waals surface area contributed by atoms with E-state index in [0.29, 0.717) is 17.4 Å². The van der Waals surface area contributed by atoms with E-state index >= 15 is 0 Å². The molecule has 1 heterocycles. The average molecular weight is 340 g/mol. The molecule has 24 heavy (non-hydrogen) atoms. The summed E-state index contributed by atoms with van der Waals surface area (Å²) in [6.45, 7) is 0. The van der Waals surface area contributed by atoms with Gasteiger partial charge >= 0.3 is 0 Å². The number of nitrogens with zero attached hydrogens (tertiary/aromatic N) is 2. The molecule has 2 aromatic rings. The molecule has 1 amide bonds. The summed E-state index contributed by atoms with van der Waals surface area (Å²) in [7, 11) is 1.69. The van der Waals surface area contributed by atoms with Crippen LogP contribution in [0.25, 0.3) is 11.1 Å². The van der Waals surface area contributed by atoms with Crippen LogP contribution in [0.15, 0.2) is 47.5 Å². The Hall–Kier alpha value is -2.33. The fourth-order valence-corrected chi connectivity index (χ4v) is 3.92. The predicted molar refractivity (Wildman–Crippen MR) is 95.9 cm³/mol. The zero-order valence-corrected chi connectivity index (χ0v) is 14.2. The van der Waals surface area contributed by atoms with Gasteiger partial charge in [0, 0.05) is 12.1 Å². The number of carbonyl (C=O) groups excluding carboxylic acids is 1. The lowest BCUT2D eigenvalue weighted by Gasteiger charge is -2.32. The van der Waals surface area contributed by atoms with E-state index in [-0.39, 0.29) is 5.91 Å². The van der Waals surface area contributed by atoms with Gasteiger partial charge in [-0.1, -0.05) is 35.9 Å². The first-order valence-corrected chi connectivity index (χ1v) is 8.42. The van der Waals surface area contributed by atoms with Crippen molar-refractivity contribution in [3.8, 4) is 11.1 Å². The number of rotatable bonds is 1. The summed E-state index contributed by atoms with van der Waals surface area (Å²) >= 11 is 6.12. The summed E-state index contributed by atoms with van der Waals surface area (Å²) in [6, 6.07) is 14.0. The van der Waals surface area contributed by atoms with Crippen molar-refractivity contribution < 1.29 is 4.79 Å². The van der Waals surface area contributed by atoms with E-state index in [1.807, 2.05) is 24.3 Å². The summed E-state index contributed by atoms with van der Waals surface area (Å²) in [5.41, 5.74) is 9.29. The summed E-state index contributed by atoms with van der Waals surface area (Å²) in [6.07, 6.45) is 2.59. The molecular formula is C19H18ClN3O. The Bertz CT molecular complexity index is 877. The Labute approximate surface area is 145 Å². The summed E-state index contributed by atoms with van der Waals surface area (Å²) in [4.78, 5) is 18.9. The summed E-state index contributed by atoms with van der Waals surface area (Å²) in [5.74, 6) is 0.255. The number of guanidine groups is 1. The van der Waals surface area contributed by atoms with E-state index in [1.54, 1.807) is 7.05 Å². The standard InChI is InChI=1S/C19H18ClN3O/c1-23-17(24)19(22-18(23)21)9-3-5-12-7-8-14(11-16(12)19)13-4-2-6-15(20)10-13/h2,4,6-8,10-11H,3,5,9H2,1H3,(H2,21,22). The van der Waals surface area contributed by atoms with E-state index in [9.17, 15) is 4.79 Å². The molecule has 2 N–H and O–H groups in total. The third-order valence-corrected chi connectivity index (χ3v) is 5.24. The molecular weight excluding hydrogens is 322 g/mol. The van der Waals surface area contributed by atoms with Gasteiger partial charge < -0.3 is 5.73 Å². The van der Waals surface area contributed by atoms with Crippen molar-refractivity contribution in [2.45, 2.75) is 24.8 Å². The molecule has 4 nitrogen and oxygen atoms in total. The number of benzene rings is 2. The maximum absolute atomic E-state index is 12.9. The summed E-state index contributed by atoms with van der Waals surface area (Å²) in [5, 5.41) is 0.693. The van der Waals surface area contributed by atoms with Crippen molar-refractivity contribution in [3.05, 3.63) is 58.6 Å². The van der Waals surface area contributed by atoms with Crippen LogP contribution in [-0.4, -0.2) is 23.8 Å². The monoisotopic (exact) mass is 339 g/mol. The molecule has 0 fully saturated rings. The van der Waals surface area contributed by atoms with Crippen molar-refractivity contribution in [3.63, 3.8) is 0 Å². The number of likely N-dealkylation sites (N-methyl/N-ethyl adjacent to an activating group) is 1. The second-order valence-electron chi connectivity index (χ2n) is 6.43. The molecule has 1 unspecified atom stereocenters. The lowest BCUT2D eigenvalue weighted by Crippen LogP contribution is -2.42. The third kappa shape index (κ3) is 2.13. The zero-order valence-electron chi connectivity index (χ0n) is 13.4. The number of hydrogen-bond donors (Lipinski definition) is 1. The minimum atomic E-state index is -0.860. The molecule has 4 rings (SSSR count). The number of carbonyl (C=O) groups is 1. The van der Waals surface area contributed by atoms with Crippen LogP contribution in [0.2, 0.25) is 5.02 Å². The number of amides is 1. The van der Waals surface area contributed by atoms with Crippen molar-refractivity contribution >= 4 is 23.5 Å². The Kier molecular flexibility index (Phi) is 3.39. The van der Waals surface area contributed by atoms with Crippen LogP contribution < -0.4 is 5.73 Å². The van der Waals surface area contributed by atoms with Gasteiger partial charge in [-0.2, -0.15) is 0 Å². The Balaban J connectivity index is 1.89. The molecule has 2 aromatic carbocycles. The minimum absolute atomic E-state index is 0.0378. The highest BCUT2D eigenvalue weighted by Gasteiger charge is 2.49. The second kappa shape index (κ2) is 5.35. The molecule has 1 atom stereocenters. The van der Waals surface area contributed by atoms with Gasteiger partial charge in [-0.15, -0.1) is 0 Å². The first kappa shape index (κ1) is 15.2. The van der Waals surface area contributed by atoms with E-state index in [4.69, 9.17) is 17.3 Å². The lowest BCUT2D eigenvalue weighted by atomic mass is 9.75. The van der Waals surface area contributed by atoms with Crippen LogP contribution in [-0.2, 0) is 16.8 Å². The fraction of sp³-hybridized carbons (Fsp3) is 0.263. The Morgan fingerprint density at radius 2 is 2.00 bits per heavy atom. The molecule has 1 aliphatic heterocycles. The second-order valence-corrected chi connectivity index (χ2v) is 6.87. The average Bonchev–Trinajstić information content (AvgIpc) is 2.80. The fourth-order valence-electron chi connectivity index (χ4n) is 3.73. The number of halogens is 1. The highest BCUT2D eigenvalue weighted by molar-refractivity contribution is 6.30. The number of aliphatic imine (C=N–C) groups is 1. The molecule has 122 valence electrons. The molecule has 0 aromatic heterocycles. The van der Waals surface area contributed by atoms with Gasteiger partial charge in [-0.05, 0) is 59.7 Å². The topological polar surface area (TPSA) is 58.7 Å². The van der Waals surface area contributed by atoms with Gasteiger partial charge in [0.2, 0.25) is 0 Å². The van der Waals surface area contributed by atoms with Crippen LogP contribution in [0.3, 0.4) is 0 Å². The zero-order chi connectivity index (χ0) is 16.9. The minimum Gasteiger partial charge on any atom is -0.369 e. The van der Waals surface area contributed by atoms with Gasteiger partial charge in [-0.3, -0.25) is 9.69 Å². The first-order valence-electron chi connectivity index (χ1n) is 8.04. The van der Waals surface area contributed by atoms with Gasteiger partial charge in [0.25, 0.3) is 5.91 Å². The van der Waals surface area contributed by atoms with Crippen LogP contribution in [0, 0.1) is 0 Å². The molecule has 0 saturated carbocycles. The first-order chi connectivity index (χ1) is 11.5. The van der Waals surface area contributed by atoms with Gasteiger partial charge in [0.1, 0.15) is 0 Å². The highest BCUT2D eigenvalue weighted by Crippen LogP contribution is 2.44. The van der Waals surface area contributed by atoms with Gasteiger partial charge in [-0.25, -0.2) is 4.99 Å². The smallest absolute Gasteiger partial charge is 0.261 e. The Morgan fingerprint density at radius 3 is 2.71 bits per heavy atom. The quantitative estimate of drug-likeness (QED) is 0.866. The van der Waals surface area contributed by atoms with Crippen molar-refractivity contribution in [2.24, 2.45) is 10.7 Å². The number of hydrogen-bond acceptors (Lipinski definition) is 3. The van der Waals surface area contributed by atoms with Crippen LogP contribution in [0.5, 0.6) is 0 Å². The maximum atomic E-state index is 12.9. The number of fused-ring (bicyclic) bond motifs is 2. The van der Waals surface area contributed by atoms with Gasteiger partial charge in [0.15, 0.2) is 11.5 Å². The highest BCUT2D eigenvalue weighted by atomic mass is 35.5. The van der Waals surface area contributed by atoms with E-state index < -0.39 is 5.54 Å². The molecule has 5 heteroatoms.